The van der Waals surface area contributed by atoms with Gasteiger partial charge in [0, 0.05) is 18.4 Å². The first-order valence-electron chi connectivity index (χ1n) is 4.83. The van der Waals surface area contributed by atoms with E-state index < -0.39 is 0 Å². The predicted molar refractivity (Wildman–Crippen MR) is 64.8 cm³/mol. The molecular formula is C13H21N. The van der Waals surface area contributed by atoms with Crippen LogP contribution in [0.2, 0.25) is 0 Å². The number of nitrogens with zero attached hydrogens (tertiary/aromatic N) is 1. The van der Waals surface area contributed by atoms with Crippen LogP contribution in [-0.4, -0.2) is 11.9 Å². The molecule has 14 heavy (non-hydrogen) atoms. The van der Waals surface area contributed by atoms with Crippen LogP contribution in [0.25, 0.3) is 0 Å². The highest BCUT2D eigenvalue weighted by Gasteiger charge is 2.10. The second kappa shape index (κ2) is 5.48. The maximum absolute atomic E-state index is 4.05. The lowest BCUT2D eigenvalue weighted by molar-refractivity contribution is 0.463. The number of hydrogen-bond donors (Lipinski definition) is 0. The lowest BCUT2D eigenvalue weighted by Gasteiger charge is -2.27. The molecule has 0 spiro atoms. The number of likely N-dealkylation sites (N-methyl/N-ethyl adjacent to an activating group) is 1. The molecule has 0 aromatic rings. The third-order valence-corrected chi connectivity index (χ3v) is 2.17. The van der Waals surface area contributed by atoms with E-state index in [1.807, 2.05) is 20.0 Å². The van der Waals surface area contributed by atoms with Crippen LogP contribution in [0.15, 0.2) is 48.9 Å². The topological polar surface area (TPSA) is 3.24 Å². The lowest BCUT2D eigenvalue weighted by atomic mass is 10.1. The first kappa shape index (κ1) is 12.8. The third-order valence-electron chi connectivity index (χ3n) is 2.17. The summed E-state index contributed by atoms with van der Waals surface area (Å²) < 4.78 is 0. The predicted octanol–water partition coefficient (Wildman–Crippen LogP) is 3.73. The number of rotatable bonds is 5. The summed E-state index contributed by atoms with van der Waals surface area (Å²) in [7, 11) is 2.01. The molecule has 0 atom stereocenters. The molecule has 0 aliphatic rings. The van der Waals surface area contributed by atoms with Crippen molar-refractivity contribution in [3.05, 3.63) is 48.9 Å². The first-order valence-corrected chi connectivity index (χ1v) is 4.83. The summed E-state index contributed by atoms with van der Waals surface area (Å²) in [6.45, 7) is 17.9. The maximum Gasteiger partial charge on any atom is 0.0429 e. The van der Waals surface area contributed by atoms with Crippen LogP contribution in [0.1, 0.15) is 20.8 Å². The van der Waals surface area contributed by atoms with Gasteiger partial charge in [-0.05, 0) is 24.5 Å². The van der Waals surface area contributed by atoms with Gasteiger partial charge >= 0.3 is 0 Å². The van der Waals surface area contributed by atoms with Crippen LogP contribution in [0.4, 0.5) is 0 Å². The van der Waals surface area contributed by atoms with Gasteiger partial charge in [0.15, 0.2) is 0 Å². The Labute approximate surface area is 88.1 Å². The van der Waals surface area contributed by atoms with E-state index >= 15 is 0 Å². The summed E-state index contributed by atoms with van der Waals surface area (Å²) in [5, 5.41) is 0. The molecule has 0 fully saturated rings. The van der Waals surface area contributed by atoms with Gasteiger partial charge in [-0.15, -0.1) is 0 Å². The number of allylic oxidation sites excluding steroid dienone is 4. The van der Waals surface area contributed by atoms with E-state index in [2.05, 4.69) is 38.5 Å². The second-order valence-corrected chi connectivity index (χ2v) is 3.77. The minimum absolute atomic E-state index is 0.438. The number of hydrogen-bond acceptors (Lipinski definition) is 1. The van der Waals surface area contributed by atoms with Gasteiger partial charge in [0.25, 0.3) is 0 Å². The third kappa shape index (κ3) is 3.25. The largest absolute Gasteiger partial charge is 0.348 e. The monoisotopic (exact) mass is 191 g/mol. The lowest BCUT2D eigenvalue weighted by Crippen LogP contribution is -2.20. The van der Waals surface area contributed by atoms with Gasteiger partial charge in [-0.2, -0.15) is 0 Å². The normalized spacial score (nSPS) is 11.4. The van der Waals surface area contributed by atoms with Gasteiger partial charge in [0.2, 0.25) is 0 Å². The van der Waals surface area contributed by atoms with Crippen molar-refractivity contribution in [1.29, 1.82) is 0 Å². The van der Waals surface area contributed by atoms with Crippen LogP contribution in [0.3, 0.4) is 0 Å². The van der Waals surface area contributed by atoms with Crippen molar-refractivity contribution in [3.63, 3.8) is 0 Å². The molecule has 0 heterocycles. The Bertz CT molecular complexity index is 269. The Balaban J connectivity index is 4.87. The molecule has 0 aromatic carbocycles. The second-order valence-electron chi connectivity index (χ2n) is 3.77. The van der Waals surface area contributed by atoms with Crippen LogP contribution >= 0.6 is 0 Å². The van der Waals surface area contributed by atoms with Crippen LogP contribution < -0.4 is 0 Å². The molecule has 78 valence electrons. The van der Waals surface area contributed by atoms with E-state index in [9.17, 15) is 0 Å². The van der Waals surface area contributed by atoms with Gasteiger partial charge in [-0.1, -0.05) is 39.7 Å². The Kier molecular flexibility index (Phi) is 5.00. The van der Waals surface area contributed by atoms with Gasteiger partial charge in [-0.25, -0.2) is 0 Å². The molecule has 0 bridgehead atoms. The van der Waals surface area contributed by atoms with Crippen molar-refractivity contribution >= 4 is 0 Å². The van der Waals surface area contributed by atoms with Crippen LogP contribution in [0, 0.1) is 5.92 Å². The van der Waals surface area contributed by atoms with Gasteiger partial charge in [-0.3, -0.25) is 0 Å². The fourth-order valence-electron chi connectivity index (χ4n) is 1.19. The quantitative estimate of drug-likeness (QED) is 0.598. The average Bonchev–Trinajstić information content (AvgIpc) is 2.11. The zero-order valence-corrected chi connectivity index (χ0v) is 9.80. The Morgan fingerprint density at radius 3 is 2.07 bits per heavy atom. The van der Waals surface area contributed by atoms with Crippen molar-refractivity contribution in [1.82, 2.24) is 4.90 Å². The minimum atomic E-state index is 0.438. The summed E-state index contributed by atoms with van der Waals surface area (Å²) in [5.41, 5.74) is 3.18. The Morgan fingerprint density at radius 1 is 1.29 bits per heavy atom. The highest BCUT2D eigenvalue weighted by molar-refractivity contribution is 5.31. The fraction of sp³-hybridized carbons (Fsp3) is 0.385. The van der Waals surface area contributed by atoms with Crippen molar-refractivity contribution in [3.8, 4) is 0 Å². The maximum atomic E-state index is 4.05. The molecule has 0 amide bonds. The average molecular weight is 191 g/mol. The highest BCUT2D eigenvalue weighted by atomic mass is 15.1. The molecule has 0 aliphatic carbocycles. The van der Waals surface area contributed by atoms with E-state index in [-0.39, 0.29) is 0 Å². The zero-order valence-electron chi connectivity index (χ0n) is 9.80. The molecule has 0 unspecified atom stereocenters. The van der Waals surface area contributed by atoms with E-state index in [1.54, 1.807) is 6.08 Å². The highest BCUT2D eigenvalue weighted by Crippen LogP contribution is 2.20. The van der Waals surface area contributed by atoms with Crippen molar-refractivity contribution < 1.29 is 0 Å². The zero-order chi connectivity index (χ0) is 11.3. The summed E-state index contributed by atoms with van der Waals surface area (Å²) in [6, 6.07) is 0. The molecule has 0 radical (unpaired) electrons. The van der Waals surface area contributed by atoms with Crippen LogP contribution in [0.5, 0.6) is 0 Å². The summed E-state index contributed by atoms with van der Waals surface area (Å²) in [6.07, 6.45) is 3.73. The molecular weight excluding hydrogens is 170 g/mol. The van der Waals surface area contributed by atoms with E-state index in [0.717, 1.165) is 17.0 Å². The van der Waals surface area contributed by atoms with E-state index in [1.165, 1.54) is 0 Å². The van der Waals surface area contributed by atoms with Crippen LogP contribution in [-0.2, 0) is 0 Å². The fourth-order valence-corrected chi connectivity index (χ4v) is 1.19. The van der Waals surface area contributed by atoms with Gasteiger partial charge < -0.3 is 4.90 Å². The molecule has 0 saturated heterocycles. The standard InChI is InChI=1S/C13H21N/c1-8-9-13(11(4)5)14(7)12(6)10(2)3/h8-10H,1,4,6H2,2-3,5,7H3/b13-9+. The summed E-state index contributed by atoms with van der Waals surface area (Å²) >= 11 is 0. The SMILES string of the molecule is C=C/C=C(\C(=C)C)N(C)C(=C)C(C)C. The molecule has 0 aliphatic heterocycles. The van der Waals surface area contributed by atoms with Crippen molar-refractivity contribution in [2.75, 3.05) is 7.05 Å². The molecule has 0 saturated carbocycles. The summed E-state index contributed by atoms with van der Waals surface area (Å²) in [5.74, 6) is 0.438. The Hall–Kier alpha value is -1.24. The summed E-state index contributed by atoms with van der Waals surface area (Å²) in [4.78, 5) is 2.06. The molecule has 0 aromatic heterocycles. The van der Waals surface area contributed by atoms with Crippen molar-refractivity contribution in [2.45, 2.75) is 20.8 Å². The van der Waals surface area contributed by atoms with Gasteiger partial charge in [0.1, 0.15) is 0 Å². The minimum Gasteiger partial charge on any atom is -0.348 e. The molecule has 1 heteroatoms. The smallest absolute Gasteiger partial charge is 0.0429 e. The van der Waals surface area contributed by atoms with Crippen molar-refractivity contribution in [2.24, 2.45) is 5.92 Å². The first-order chi connectivity index (χ1) is 6.41. The van der Waals surface area contributed by atoms with E-state index in [4.69, 9.17) is 0 Å². The van der Waals surface area contributed by atoms with Gasteiger partial charge in [0.05, 0.1) is 0 Å². The molecule has 0 N–H and O–H groups in total. The molecule has 1 nitrogen and oxygen atoms in total. The Morgan fingerprint density at radius 2 is 1.79 bits per heavy atom. The molecule has 0 rings (SSSR count). The van der Waals surface area contributed by atoms with E-state index in [0.29, 0.717) is 5.92 Å².